The van der Waals surface area contributed by atoms with E-state index in [1.54, 1.807) is 35.2 Å². The number of H-pyrrole nitrogens is 1. The van der Waals surface area contributed by atoms with E-state index in [2.05, 4.69) is 10.2 Å². The van der Waals surface area contributed by atoms with Gasteiger partial charge in [-0.3, -0.25) is 9.89 Å². The van der Waals surface area contributed by atoms with Gasteiger partial charge in [-0.05, 0) is 42.3 Å². The second-order valence-corrected chi connectivity index (χ2v) is 6.38. The number of ether oxygens (including phenoxy) is 1. The molecular formula is C20H17F2N3O2. The minimum absolute atomic E-state index is 0.0678. The molecule has 27 heavy (non-hydrogen) atoms. The molecular weight excluding hydrogens is 352 g/mol. The van der Waals surface area contributed by atoms with Crippen LogP contribution in [0.2, 0.25) is 0 Å². The molecule has 138 valence electrons. The highest BCUT2D eigenvalue weighted by molar-refractivity contribution is 5.93. The number of carbonyl (C=O) groups is 1. The lowest BCUT2D eigenvalue weighted by molar-refractivity contribution is 0.0454. The third-order valence-electron chi connectivity index (χ3n) is 4.58. The quantitative estimate of drug-likeness (QED) is 0.743. The molecule has 2 aromatic carbocycles. The lowest BCUT2D eigenvalue weighted by atomic mass is 9.94. The van der Waals surface area contributed by atoms with E-state index in [-0.39, 0.29) is 30.2 Å². The molecule has 4 rings (SSSR count). The molecule has 1 saturated heterocycles. The van der Waals surface area contributed by atoms with Crippen molar-refractivity contribution in [2.45, 2.75) is 19.1 Å². The lowest BCUT2D eigenvalue weighted by Crippen LogP contribution is -2.45. The Morgan fingerprint density at radius 3 is 2.67 bits per heavy atom. The monoisotopic (exact) mass is 369 g/mol. The van der Waals surface area contributed by atoms with Gasteiger partial charge in [-0.1, -0.05) is 18.2 Å². The Labute approximate surface area is 154 Å². The second-order valence-electron chi connectivity index (χ2n) is 6.38. The van der Waals surface area contributed by atoms with E-state index in [0.29, 0.717) is 23.7 Å². The maximum atomic E-state index is 13.2. The molecule has 3 aromatic rings. The molecule has 1 amide bonds. The van der Waals surface area contributed by atoms with Crippen molar-refractivity contribution in [3.05, 3.63) is 83.2 Å². The lowest BCUT2D eigenvalue weighted by Gasteiger charge is -2.41. The zero-order chi connectivity index (χ0) is 18.8. The molecule has 2 heterocycles. The van der Waals surface area contributed by atoms with Gasteiger partial charge in [0.15, 0.2) is 5.69 Å². The molecule has 0 saturated carbocycles. The Morgan fingerprint density at radius 1 is 1.15 bits per heavy atom. The standard InChI is InChI=1S/C20H17F2N3O2/c21-14-6-4-13(5-7-14)19-8-9-25(19)20(26)18-11-16(23-24-18)12-27-17-3-1-2-15(22)10-17/h1-7,10-11,19H,8-9,12H2,(H,23,24)/t19-/m1/s1. The van der Waals surface area contributed by atoms with Gasteiger partial charge in [-0.2, -0.15) is 5.10 Å². The highest BCUT2D eigenvalue weighted by Gasteiger charge is 2.34. The van der Waals surface area contributed by atoms with Crippen LogP contribution in [-0.2, 0) is 6.61 Å². The van der Waals surface area contributed by atoms with E-state index < -0.39 is 0 Å². The Kier molecular flexibility index (Phi) is 4.58. The van der Waals surface area contributed by atoms with Crippen molar-refractivity contribution >= 4 is 5.91 Å². The van der Waals surface area contributed by atoms with Crippen molar-refractivity contribution in [2.75, 3.05) is 6.54 Å². The van der Waals surface area contributed by atoms with Crippen molar-refractivity contribution in [1.29, 1.82) is 0 Å². The van der Waals surface area contributed by atoms with Crippen molar-refractivity contribution in [2.24, 2.45) is 0 Å². The molecule has 0 bridgehead atoms. The summed E-state index contributed by atoms with van der Waals surface area (Å²) in [5.74, 6) is -0.468. The summed E-state index contributed by atoms with van der Waals surface area (Å²) in [7, 11) is 0. The van der Waals surface area contributed by atoms with E-state index >= 15 is 0 Å². The van der Waals surface area contributed by atoms with Gasteiger partial charge in [0.2, 0.25) is 0 Å². The summed E-state index contributed by atoms with van der Waals surface area (Å²) in [4.78, 5) is 14.4. The third-order valence-corrected chi connectivity index (χ3v) is 4.58. The van der Waals surface area contributed by atoms with Crippen molar-refractivity contribution in [3.8, 4) is 5.75 Å². The summed E-state index contributed by atoms with van der Waals surface area (Å²) >= 11 is 0. The molecule has 1 aromatic heterocycles. The molecule has 1 fully saturated rings. The maximum Gasteiger partial charge on any atom is 0.274 e. The summed E-state index contributed by atoms with van der Waals surface area (Å²) in [6.07, 6.45) is 0.831. The maximum absolute atomic E-state index is 13.2. The molecule has 1 aliphatic rings. The first-order valence-electron chi connectivity index (χ1n) is 8.59. The van der Waals surface area contributed by atoms with Gasteiger partial charge in [0.25, 0.3) is 5.91 Å². The van der Waals surface area contributed by atoms with Gasteiger partial charge in [0.1, 0.15) is 24.0 Å². The van der Waals surface area contributed by atoms with Crippen LogP contribution < -0.4 is 4.74 Å². The largest absolute Gasteiger partial charge is 0.487 e. The van der Waals surface area contributed by atoms with Crippen LogP contribution in [0.15, 0.2) is 54.6 Å². The van der Waals surface area contributed by atoms with Crippen molar-refractivity contribution < 1.29 is 18.3 Å². The number of halogens is 2. The summed E-state index contributed by atoms with van der Waals surface area (Å²) in [5, 5.41) is 6.83. The smallest absolute Gasteiger partial charge is 0.274 e. The number of likely N-dealkylation sites (tertiary alicyclic amines) is 1. The molecule has 0 spiro atoms. The van der Waals surface area contributed by atoms with Gasteiger partial charge in [-0.25, -0.2) is 8.78 Å². The predicted octanol–water partition coefficient (Wildman–Crippen LogP) is 3.85. The van der Waals surface area contributed by atoms with Crippen LogP contribution in [-0.4, -0.2) is 27.5 Å². The molecule has 5 nitrogen and oxygen atoms in total. The van der Waals surface area contributed by atoms with Crippen LogP contribution in [0.25, 0.3) is 0 Å². The highest BCUT2D eigenvalue weighted by Crippen LogP contribution is 2.34. The highest BCUT2D eigenvalue weighted by atomic mass is 19.1. The number of carbonyl (C=O) groups excluding carboxylic acids is 1. The number of rotatable bonds is 5. The number of aromatic amines is 1. The van der Waals surface area contributed by atoms with E-state index in [1.807, 2.05) is 0 Å². The summed E-state index contributed by atoms with van der Waals surface area (Å²) in [6, 6.07) is 13.6. The minimum Gasteiger partial charge on any atom is -0.487 e. The van der Waals surface area contributed by atoms with Gasteiger partial charge in [0.05, 0.1) is 11.7 Å². The Morgan fingerprint density at radius 2 is 1.96 bits per heavy atom. The molecule has 1 aliphatic heterocycles. The number of benzene rings is 2. The molecule has 1 N–H and O–H groups in total. The van der Waals surface area contributed by atoms with Gasteiger partial charge < -0.3 is 9.64 Å². The molecule has 0 radical (unpaired) electrons. The molecule has 0 unspecified atom stereocenters. The summed E-state index contributed by atoms with van der Waals surface area (Å²) in [6.45, 7) is 0.772. The van der Waals surface area contributed by atoms with Crippen LogP contribution in [0.4, 0.5) is 8.78 Å². The summed E-state index contributed by atoms with van der Waals surface area (Å²) < 4.78 is 31.7. The fourth-order valence-corrected chi connectivity index (χ4v) is 3.07. The van der Waals surface area contributed by atoms with Crippen LogP contribution in [0.3, 0.4) is 0 Å². The van der Waals surface area contributed by atoms with Crippen LogP contribution in [0, 0.1) is 11.6 Å². The number of hydrogen-bond acceptors (Lipinski definition) is 3. The molecule has 7 heteroatoms. The first-order chi connectivity index (χ1) is 13.1. The normalized spacial score (nSPS) is 16.1. The Bertz CT molecular complexity index is 956. The molecule has 0 aliphatic carbocycles. The average molecular weight is 369 g/mol. The van der Waals surface area contributed by atoms with Crippen LogP contribution in [0.1, 0.15) is 34.2 Å². The fraction of sp³-hybridized carbons (Fsp3) is 0.200. The zero-order valence-electron chi connectivity index (χ0n) is 14.4. The number of aromatic nitrogens is 2. The number of amides is 1. The Hall–Kier alpha value is -3.22. The Balaban J connectivity index is 1.40. The molecule has 1 atom stereocenters. The van der Waals surface area contributed by atoms with Crippen LogP contribution >= 0.6 is 0 Å². The second kappa shape index (κ2) is 7.19. The SMILES string of the molecule is O=C(c1cc(COc2cccc(F)c2)[nH]n1)N1CC[C@@H]1c1ccc(F)cc1. The number of hydrogen-bond donors (Lipinski definition) is 1. The van der Waals surface area contributed by atoms with E-state index in [9.17, 15) is 13.6 Å². The van der Waals surface area contributed by atoms with Gasteiger partial charge in [-0.15, -0.1) is 0 Å². The minimum atomic E-state index is -0.377. The first kappa shape index (κ1) is 17.2. The topological polar surface area (TPSA) is 58.2 Å². The summed E-state index contributed by atoms with van der Waals surface area (Å²) in [5.41, 5.74) is 1.81. The number of nitrogens with zero attached hydrogens (tertiary/aromatic N) is 2. The first-order valence-corrected chi connectivity index (χ1v) is 8.59. The van der Waals surface area contributed by atoms with E-state index in [1.165, 1.54) is 24.3 Å². The zero-order valence-corrected chi connectivity index (χ0v) is 14.4. The average Bonchev–Trinajstić information content (AvgIpc) is 3.10. The van der Waals surface area contributed by atoms with E-state index in [4.69, 9.17) is 4.74 Å². The fourth-order valence-electron chi connectivity index (χ4n) is 3.07. The predicted molar refractivity (Wildman–Crippen MR) is 94.1 cm³/mol. The van der Waals surface area contributed by atoms with Gasteiger partial charge >= 0.3 is 0 Å². The number of nitrogens with one attached hydrogen (secondary N) is 1. The van der Waals surface area contributed by atoms with Crippen LogP contribution in [0.5, 0.6) is 5.75 Å². The third kappa shape index (κ3) is 3.67. The van der Waals surface area contributed by atoms with E-state index in [0.717, 1.165) is 12.0 Å². The van der Waals surface area contributed by atoms with Crippen molar-refractivity contribution in [3.63, 3.8) is 0 Å². The van der Waals surface area contributed by atoms with Gasteiger partial charge in [0, 0.05) is 12.6 Å². The van der Waals surface area contributed by atoms with Crippen molar-refractivity contribution in [1.82, 2.24) is 15.1 Å².